The van der Waals surface area contributed by atoms with E-state index in [1.54, 1.807) is 0 Å². The van der Waals surface area contributed by atoms with Crippen molar-refractivity contribution in [2.45, 2.75) is 18.4 Å². The van der Waals surface area contributed by atoms with Crippen LogP contribution in [0.15, 0.2) is 0 Å². The Morgan fingerprint density at radius 3 is 2.70 bits per heavy atom. The molecule has 0 spiro atoms. The van der Waals surface area contributed by atoms with Gasteiger partial charge in [0.25, 0.3) is 0 Å². The zero-order valence-corrected chi connectivity index (χ0v) is 5.68. The van der Waals surface area contributed by atoms with Gasteiger partial charge < -0.3 is 10.1 Å². The first-order valence-corrected chi connectivity index (χ1v) is 3.04. The van der Waals surface area contributed by atoms with Crippen LogP contribution in [0.4, 0.5) is 4.79 Å². The maximum atomic E-state index is 10.5. The van der Waals surface area contributed by atoms with E-state index in [1.165, 1.54) is 7.05 Å². The molecular formula is C6H8N2O2. The van der Waals surface area contributed by atoms with Gasteiger partial charge in [-0.2, -0.15) is 5.26 Å². The summed E-state index contributed by atoms with van der Waals surface area (Å²) in [4.78, 5) is 10.5. The number of carbonyl (C=O) groups excluding carboxylic acids is 1. The van der Waals surface area contributed by atoms with E-state index in [-0.39, 0.29) is 0 Å². The Labute approximate surface area is 58.8 Å². The van der Waals surface area contributed by atoms with Crippen LogP contribution in [0.5, 0.6) is 0 Å². The van der Waals surface area contributed by atoms with Crippen molar-refractivity contribution >= 4 is 6.09 Å². The second-order valence-corrected chi connectivity index (χ2v) is 2.25. The molecule has 10 heavy (non-hydrogen) atoms. The van der Waals surface area contributed by atoms with Crippen LogP contribution in [0.25, 0.3) is 0 Å². The fraction of sp³-hybridized carbons (Fsp3) is 0.667. The smallest absolute Gasteiger partial charge is 0.408 e. The van der Waals surface area contributed by atoms with Gasteiger partial charge in [0.1, 0.15) is 6.07 Å². The fourth-order valence-electron chi connectivity index (χ4n) is 0.579. The molecule has 0 aromatic heterocycles. The molecule has 54 valence electrons. The highest BCUT2D eigenvalue weighted by Gasteiger charge is 2.47. The summed E-state index contributed by atoms with van der Waals surface area (Å²) in [6, 6.07) is 1.93. The highest BCUT2D eigenvalue weighted by atomic mass is 16.6. The predicted molar refractivity (Wildman–Crippen MR) is 33.1 cm³/mol. The Morgan fingerprint density at radius 2 is 2.40 bits per heavy atom. The van der Waals surface area contributed by atoms with E-state index in [0.29, 0.717) is 12.8 Å². The van der Waals surface area contributed by atoms with Gasteiger partial charge in [0, 0.05) is 19.9 Å². The summed E-state index contributed by atoms with van der Waals surface area (Å²) in [6.45, 7) is 0. The highest BCUT2D eigenvalue weighted by Crippen LogP contribution is 2.38. The van der Waals surface area contributed by atoms with E-state index in [1.807, 2.05) is 6.07 Å². The maximum absolute atomic E-state index is 10.5. The van der Waals surface area contributed by atoms with E-state index in [9.17, 15) is 4.79 Å². The fourth-order valence-corrected chi connectivity index (χ4v) is 0.579. The van der Waals surface area contributed by atoms with Crippen molar-refractivity contribution in [1.82, 2.24) is 5.32 Å². The van der Waals surface area contributed by atoms with E-state index in [2.05, 4.69) is 5.32 Å². The molecule has 0 saturated heterocycles. The number of ether oxygens (including phenoxy) is 1. The molecule has 1 fully saturated rings. The largest absolute Gasteiger partial charge is 0.427 e. The first-order chi connectivity index (χ1) is 4.72. The second kappa shape index (κ2) is 2.18. The monoisotopic (exact) mass is 140 g/mol. The van der Waals surface area contributed by atoms with Crippen LogP contribution in [0.2, 0.25) is 0 Å². The predicted octanol–water partition coefficient (Wildman–Crippen LogP) is 0.399. The molecule has 1 rings (SSSR count). The van der Waals surface area contributed by atoms with Gasteiger partial charge in [-0.1, -0.05) is 0 Å². The van der Waals surface area contributed by atoms with Gasteiger partial charge in [-0.25, -0.2) is 4.79 Å². The van der Waals surface area contributed by atoms with Crippen molar-refractivity contribution in [1.29, 1.82) is 5.26 Å². The minimum absolute atomic E-state index is 0.529. The number of alkyl carbamates (subject to hydrolysis) is 1. The van der Waals surface area contributed by atoms with Crippen LogP contribution in [0, 0.1) is 11.3 Å². The Hall–Kier alpha value is -1.24. The molecule has 4 heteroatoms. The molecule has 0 aromatic rings. The summed E-state index contributed by atoms with van der Waals surface area (Å²) in [5, 5.41) is 10.7. The van der Waals surface area contributed by atoms with Crippen LogP contribution < -0.4 is 5.32 Å². The minimum atomic E-state index is -0.792. The third kappa shape index (κ3) is 1.18. The zero-order chi connectivity index (χ0) is 7.61. The van der Waals surface area contributed by atoms with E-state index >= 15 is 0 Å². The standard InChI is InChI=1S/C6H8N2O2/c1-8-5(9)10-6(4-7)2-3-6/h2-3H2,1H3,(H,8,9). The van der Waals surface area contributed by atoms with Gasteiger partial charge in [-0.3, -0.25) is 0 Å². The second-order valence-electron chi connectivity index (χ2n) is 2.25. The van der Waals surface area contributed by atoms with Crippen LogP contribution in [-0.2, 0) is 4.74 Å². The first kappa shape index (κ1) is 6.87. The minimum Gasteiger partial charge on any atom is -0.427 e. The summed E-state index contributed by atoms with van der Waals surface area (Å²) in [7, 11) is 1.47. The number of nitrogens with one attached hydrogen (secondary N) is 1. The molecule has 0 atom stereocenters. The Balaban J connectivity index is 2.40. The lowest BCUT2D eigenvalue weighted by Gasteiger charge is -2.06. The van der Waals surface area contributed by atoms with Crippen LogP contribution in [-0.4, -0.2) is 18.7 Å². The van der Waals surface area contributed by atoms with Gasteiger partial charge in [0.15, 0.2) is 5.60 Å². The highest BCUT2D eigenvalue weighted by molar-refractivity contribution is 5.68. The van der Waals surface area contributed by atoms with Crippen molar-refractivity contribution in [3.05, 3.63) is 0 Å². The van der Waals surface area contributed by atoms with Crippen molar-refractivity contribution in [3.63, 3.8) is 0 Å². The molecule has 0 heterocycles. The third-order valence-corrected chi connectivity index (χ3v) is 1.40. The number of rotatable bonds is 1. The average molecular weight is 140 g/mol. The summed E-state index contributed by atoms with van der Waals surface area (Å²) in [6.07, 6.45) is 0.799. The van der Waals surface area contributed by atoms with Crippen molar-refractivity contribution in [2.75, 3.05) is 7.05 Å². The normalized spacial score (nSPS) is 18.8. The summed E-state index contributed by atoms with van der Waals surface area (Å²) in [5.41, 5.74) is -0.792. The van der Waals surface area contributed by atoms with Crippen LogP contribution >= 0.6 is 0 Å². The van der Waals surface area contributed by atoms with Gasteiger partial charge in [-0.05, 0) is 0 Å². The molecule has 0 aliphatic heterocycles. The average Bonchev–Trinajstić information content (AvgIpc) is 2.70. The van der Waals surface area contributed by atoms with Crippen molar-refractivity contribution < 1.29 is 9.53 Å². The van der Waals surface area contributed by atoms with Crippen molar-refractivity contribution in [3.8, 4) is 6.07 Å². The summed E-state index contributed by atoms with van der Waals surface area (Å²) < 4.78 is 4.74. The lowest BCUT2D eigenvalue weighted by atomic mass is 10.4. The molecule has 1 N–H and O–H groups in total. The SMILES string of the molecule is CNC(=O)OC1(C#N)CC1. The molecule has 0 radical (unpaired) electrons. The molecule has 1 aliphatic carbocycles. The molecule has 4 nitrogen and oxygen atoms in total. The number of nitriles is 1. The van der Waals surface area contributed by atoms with Crippen LogP contribution in [0.3, 0.4) is 0 Å². The molecule has 1 saturated carbocycles. The lowest BCUT2D eigenvalue weighted by molar-refractivity contribution is 0.114. The summed E-state index contributed by atoms with van der Waals surface area (Å²) in [5.74, 6) is 0. The van der Waals surface area contributed by atoms with E-state index < -0.39 is 11.7 Å². The Bertz CT molecular complexity index is 190. The molecular weight excluding hydrogens is 132 g/mol. The van der Waals surface area contributed by atoms with E-state index in [0.717, 1.165) is 0 Å². The molecule has 0 bridgehead atoms. The number of hydrogen-bond acceptors (Lipinski definition) is 3. The first-order valence-electron chi connectivity index (χ1n) is 3.04. The van der Waals surface area contributed by atoms with Crippen molar-refractivity contribution in [2.24, 2.45) is 0 Å². The van der Waals surface area contributed by atoms with Gasteiger partial charge in [-0.15, -0.1) is 0 Å². The zero-order valence-electron chi connectivity index (χ0n) is 5.68. The number of carbonyl (C=O) groups is 1. The molecule has 0 aromatic carbocycles. The number of amides is 1. The van der Waals surface area contributed by atoms with Gasteiger partial charge >= 0.3 is 6.09 Å². The topological polar surface area (TPSA) is 62.1 Å². The molecule has 1 amide bonds. The van der Waals surface area contributed by atoms with E-state index in [4.69, 9.17) is 10.00 Å². The number of hydrogen-bond donors (Lipinski definition) is 1. The Kier molecular flexibility index (Phi) is 1.50. The van der Waals surface area contributed by atoms with Gasteiger partial charge in [0.05, 0.1) is 0 Å². The third-order valence-electron chi connectivity index (χ3n) is 1.40. The molecule has 1 aliphatic rings. The van der Waals surface area contributed by atoms with Gasteiger partial charge in [0.2, 0.25) is 0 Å². The lowest BCUT2D eigenvalue weighted by Crippen LogP contribution is -2.25. The molecule has 0 unspecified atom stereocenters. The Morgan fingerprint density at radius 1 is 1.80 bits per heavy atom. The maximum Gasteiger partial charge on any atom is 0.408 e. The quantitative estimate of drug-likeness (QED) is 0.573. The number of nitrogens with zero attached hydrogens (tertiary/aromatic N) is 1. The summed E-state index contributed by atoms with van der Waals surface area (Å²) >= 11 is 0. The van der Waals surface area contributed by atoms with Crippen LogP contribution in [0.1, 0.15) is 12.8 Å².